The largest absolute Gasteiger partial charge is 0.496 e. The number of rotatable bonds is 9. The van der Waals surface area contributed by atoms with Crippen LogP contribution in [0.2, 0.25) is 0 Å². The maximum absolute atomic E-state index is 13.3. The van der Waals surface area contributed by atoms with Crippen LogP contribution in [0.4, 0.5) is 29.1 Å². The Morgan fingerprint density at radius 2 is 1.85 bits per heavy atom. The van der Waals surface area contributed by atoms with Crippen molar-refractivity contribution >= 4 is 34.2 Å². The zero-order valence-corrected chi connectivity index (χ0v) is 24.8. The van der Waals surface area contributed by atoms with Crippen molar-refractivity contribution in [3.8, 4) is 40.0 Å². The van der Waals surface area contributed by atoms with E-state index in [9.17, 15) is 27.2 Å². The second-order valence-corrected chi connectivity index (χ2v) is 10.5. The molecule has 0 radical (unpaired) electrons. The van der Waals surface area contributed by atoms with Gasteiger partial charge in [0.1, 0.15) is 24.7 Å². The second-order valence-electron chi connectivity index (χ2n) is 10.5. The van der Waals surface area contributed by atoms with Gasteiger partial charge in [0.2, 0.25) is 0 Å². The van der Waals surface area contributed by atoms with Gasteiger partial charge in [-0.2, -0.15) is 13.2 Å². The van der Waals surface area contributed by atoms with E-state index in [1.165, 1.54) is 19.2 Å². The third-order valence-electron chi connectivity index (χ3n) is 7.22. The molecule has 0 unspecified atom stereocenters. The summed E-state index contributed by atoms with van der Waals surface area (Å²) >= 11 is 0. The number of carbonyl (C=O) groups is 2. The van der Waals surface area contributed by atoms with Crippen LogP contribution < -0.4 is 21.1 Å². The molecule has 4 aromatic rings. The first-order chi connectivity index (χ1) is 21.9. The number of methoxy groups -OCH3 is 1. The molecule has 2 aromatic carbocycles. The Labute approximate surface area is 261 Å². The normalized spacial score (nSPS) is 12.7. The molecule has 238 valence electrons. The summed E-state index contributed by atoms with van der Waals surface area (Å²) in [7, 11) is 3.11. The molecule has 0 bridgehead atoms. The first kappa shape index (κ1) is 32.1. The number of hydrogen-bond acceptors (Lipinski definition) is 6. The van der Waals surface area contributed by atoms with Crippen molar-refractivity contribution in [3.05, 3.63) is 72.2 Å². The lowest BCUT2D eigenvalue weighted by Crippen LogP contribution is -2.33. The molecule has 5 rings (SSSR count). The summed E-state index contributed by atoms with van der Waals surface area (Å²) in [5, 5.41) is 4.81. The molecule has 46 heavy (non-hydrogen) atoms. The number of halogens is 4. The van der Waals surface area contributed by atoms with Crippen molar-refractivity contribution in [3.63, 3.8) is 0 Å². The lowest BCUT2D eigenvalue weighted by Gasteiger charge is -2.14. The zero-order valence-electron chi connectivity index (χ0n) is 24.8. The Kier molecular flexibility index (Phi) is 9.02. The highest BCUT2D eigenvalue weighted by Gasteiger charge is 2.29. The lowest BCUT2D eigenvalue weighted by molar-refractivity contribution is -0.123. The molecule has 13 heteroatoms. The standard InChI is InChI=1S/C33H29F4N5O4/c1-18(34)31(43)41-22-9-6-19(7-10-22)28-26(20-8-13-24(25(15-20)45-3)32(44)40-17-33(35,36)37)27-29(42(28)2)21(16-39-30(27)38)5-4-14-46-23-11-12-23/h6-10,13,15-16,23H,1,11-12,14,17H2,2-3H3,(H2,38,39)(H,40,44)(H,41,43). The average molecular weight is 636 g/mol. The summed E-state index contributed by atoms with van der Waals surface area (Å²) in [5.41, 5.74) is 10.3. The molecular weight excluding hydrogens is 606 g/mol. The number of pyridine rings is 1. The molecule has 2 aromatic heterocycles. The van der Waals surface area contributed by atoms with Crippen LogP contribution >= 0.6 is 0 Å². The number of carbonyl (C=O) groups excluding carboxylic acids is 2. The fourth-order valence-electron chi connectivity index (χ4n) is 4.96. The number of anilines is 2. The Hall–Kier alpha value is -5.35. The SMILES string of the molecule is C=C(F)C(=O)Nc1ccc(-c2c(-c3ccc(C(=O)NCC(F)(F)F)c(OC)c3)c3c(N)ncc(C#CCOC4CC4)c3n2C)cc1. The Bertz CT molecular complexity index is 1900. The predicted octanol–water partition coefficient (Wildman–Crippen LogP) is 5.74. The zero-order chi connectivity index (χ0) is 33.2. The first-order valence-corrected chi connectivity index (χ1v) is 14.0. The quantitative estimate of drug-likeness (QED) is 0.123. The van der Waals surface area contributed by atoms with E-state index < -0.39 is 30.4 Å². The number of fused-ring (bicyclic) bond motifs is 1. The highest BCUT2D eigenvalue weighted by Crippen LogP contribution is 2.44. The van der Waals surface area contributed by atoms with Crippen LogP contribution in [0.25, 0.3) is 33.3 Å². The van der Waals surface area contributed by atoms with Gasteiger partial charge in [0.05, 0.1) is 40.9 Å². The molecule has 1 saturated carbocycles. The third kappa shape index (κ3) is 6.97. The smallest absolute Gasteiger partial charge is 0.405 e. The minimum absolute atomic E-state index is 0.0318. The minimum Gasteiger partial charge on any atom is -0.496 e. The van der Waals surface area contributed by atoms with Crippen molar-refractivity contribution in [2.75, 3.05) is 31.3 Å². The van der Waals surface area contributed by atoms with Gasteiger partial charge in [-0.05, 0) is 48.2 Å². The highest BCUT2D eigenvalue weighted by atomic mass is 19.4. The monoisotopic (exact) mass is 635 g/mol. The molecule has 4 N–H and O–H groups in total. The van der Waals surface area contributed by atoms with E-state index in [0.717, 1.165) is 12.8 Å². The number of alkyl halides is 3. The fraction of sp³-hybridized carbons (Fsp3) is 0.242. The summed E-state index contributed by atoms with van der Waals surface area (Å²) in [4.78, 5) is 28.8. The number of nitrogen functional groups attached to an aromatic ring is 1. The predicted molar refractivity (Wildman–Crippen MR) is 166 cm³/mol. The third-order valence-corrected chi connectivity index (χ3v) is 7.22. The van der Waals surface area contributed by atoms with Crippen molar-refractivity contribution < 1.29 is 36.6 Å². The van der Waals surface area contributed by atoms with Crippen LogP contribution in [0.5, 0.6) is 5.75 Å². The molecule has 2 amide bonds. The number of aromatic nitrogens is 2. The van der Waals surface area contributed by atoms with Crippen molar-refractivity contribution in [1.29, 1.82) is 0 Å². The Balaban J connectivity index is 1.66. The number of hydrogen-bond donors (Lipinski definition) is 3. The van der Waals surface area contributed by atoms with Gasteiger partial charge in [-0.15, -0.1) is 0 Å². The summed E-state index contributed by atoms with van der Waals surface area (Å²) in [6.45, 7) is 1.74. The minimum atomic E-state index is -4.59. The highest BCUT2D eigenvalue weighted by molar-refractivity contribution is 6.11. The summed E-state index contributed by atoms with van der Waals surface area (Å²) in [6, 6.07) is 11.1. The van der Waals surface area contributed by atoms with E-state index in [4.69, 9.17) is 15.2 Å². The van der Waals surface area contributed by atoms with Crippen LogP contribution in [0.3, 0.4) is 0 Å². The molecule has 9 nitrogen and oxygen atoms in total. The number of amides is 2. The fourth-order valence-corrected chi connectivity index (χ4v) is 4.96. The summed E-state index contributed by atoms with van der Waals surface area (Å²) in [6.07, 6.45) is -0.772. The average Bonchev–Trinajstić information content (AvgIpc) is 3.80. The molecule has 0 aliphatic heterocycles. The summed E-state index contributed by atoms with van der Waals surface area (Å²) in [5.74, 6) is 3.29. The van der Waals surface area contributed by atoms with E-state index in [0.29, 0.717) is 44.5 Å². The van der Waals surface area contributed by atoms with E-state index in [-0.39, 0.29) is 29.8 Å². The van der Waals surface area contributed by atoms with Crippen LogP contribution in [-0.2, 0) is 16.6 Å². The van der Waals surface area contributed by atoms with Crippen LogP contribution in [-0.4, -0.2) is 53.9 Å². The van der Waals surface area contributed by atoms with Crippen LogP contribution in [0.15, 0.2) is 61.1 Å². The number of nitrogens with one attached hydrogen (secondary N) is 2. The molecule has 2 heterocycles. The molecule has 1 aliphatic carbocycles. The molecule has 1 fully saturated rings. The number of nitrogens with zero attached hydrogens (tertiary/aromatic N) is 2. The number of aryl methyl sites for hydroxylation is 1. The van der Waals surface area contributed by atoms with Crippen LogP contribution in [0.1, 0.15) is 28.8 Å². The first-order valence-electron chi connectivity index (χ1n) is 14.0. The van der Waals surface area contributed by atoms with Gasteiger partial charge in [-0.25, -0.2) is 9.37 Å². The van der Waals surface area contributed by atoms with Gasteiger partial charge in [-0.3, -0.25) is 9.59 Å². The Morgan fingerprint density at radius 1 is 1.15 bits per heavy atom. The van der Waals surface area contributed by atoms with Gasteiger partial charge in [0.15, 0.2) is 5.83 Å². The lowest BCUT2D eigenvalue weighted by atomic mass is 9.96. The number of ether oxygens (including phenoxy) is 2. The molecule has 0 atom stereocenters. The summed E-state index contributed by atoms with van der Waals surface area (Å²) < 4.78 is 64.5. The van der Waals surface area contributed by atoms with Gasteiger partial charge < -0.3 is 30.4 Å². The van der Waals surface area contributed by atoms with Gasteiger partial charge >= 0.3 is 6.18 Å². The van der Waals surface area contributed by atoms with E-state index in [1.54, 1.807) is 36.5 Å². The molecule has 0 saturated heterocycles. The Morgan fingerprint density at radius 3 is 2.48 bits per heavy atom. The van der Waals surface area contributed by atoms with Gasteiger partial charge in [0.25, 0.3) is 11.8 Å². The van der Waals surface area contributed by atoms with E-state index >= 15 is 0 Å². The maximum atomic E-state index is 13.3. The molecule has 0 spiro atoms. The van der Waals surface area contributed by atoms with Gasteiger partial charge in [0, 0.05) is 24.5 Å². The second kappa shape index (κ2) is 12.9. The van der Waals surface area contributed by atoms with Crippen molar-refractivity contribution in [1.82, 2.24) is 14.9 Å². The molecular formula is C33H29F4N5O4. The topological polar surface area (TPSA) is 120 Å². The van der Waals surface area contributed by atoms with Crippen LogP contribution in [0, 0.1) is 11.8 Å². The van der Waals surface area contributed by atoms with Crippen molar-refractivity contribution in [2.24, 2.45) is 7.05 Å². The van der Waals surface area contributed by atoms with Gasteiger partial charge in [-0.1, -0.05) is 36.6 Å². The number of benzene rings is 2. The van der Waals surface area contributed by atoms with Crippen molar-refractivity contribution in [2.45, 2.75) is 25.1 Å². The maximum Gasteiger partial charge on any atom is 0.405 e. The van der Waals surface area contributed by atoms with E-state index in [1.807, 2.05) is 16.9 Å². The molecule has 1 aliphatic rings. The number of nitrogens with two attached hydrogens (primary N) is 1. The van der Waals surface area contributed by atoms with E-state index in [2.05, 4.69) is 28.7 Å².